The van der Waals surface area contributed by atoms with Crippen LogP contribution in [-0.2, 0) is 46.3 Å². The van der Waals surface area contributed by atoms with E-state index in [4.69, 9.17) is 13.9 Å². The third-order valence-corrected chi connectivity index (χ3v) is 7.79. The molecule has 230 valence electrons. The van der Waals surface area contributed by atoms with E-state index in [1.54, 1.807) is 27.7 Å². The highest BCUT2D eigenvalue weighted by Crippen LogP contribution is 2.41. The van der Waals surface area contributed by atoms with Gasteiger partial charge in [-0.2, -0.15) is 13.2 Å². The zero-order valence-electron chi connectivity index (χ0n) is 23.7. The van der Waals surface area contributed by atoms with Crippen LogP contribution in [0.5, 0.6) is 5.75 Å². The molecule has 0 saturated heterocycles. The van der Waals surface area contributed by atoms with Gasteiger partial charge in [0, 0.05) is 28.3 Å². The summed E-state index contributed by atoms with van der Waals surface area (Å²) in [6.45, 7) is 6.45. The molecule has 2 aromatic heterocycles. The number of esters is 1. The Morgan fingerprint density at radius 3 is 2.49 bits per heavy atom. The van der Waals surface area contributed by atoms with Crippen LogP contribution in [0.25, 0.3) is 22.1 Å². The fourth-order valence-electron chi connectivity index (χ4n) is 4.22. The fourth-order valence-corrected chi connectivity index (χ4v) is 4.93. The number of nitrogens with one attached hydrogen (secondary N) is 1. The van der Waals surface area contributed by atoms with Crippen LogP contribution in [0.15, 0.2) is 53.3 Å². The van der Waals surface area contributed by atoms with Crippen molar-refractivity contribution in [1.82, 2.24) is 9.71 Å². The summed E-state index contributed by atoms with van der Waals surface area (Å²) in [5, 5.41) is -0.320. The summed E-state index contributed by atoms with van der Waals surface area (Å²) < 4.78 is 102. The lowest BCUT2D eigenvalue weighted by Crippen LogP contribution is -2.33. The molecule has 0 aliphatic heterocycles. The first-order chi connectivity index (χ1) is 20.2. The average Bonchev–Trinajstić information content (AvgIpc) is 3.36. The Morgan fingerprint density at radius 2 is 1.81 bits per heavy atom. The highest BCUT2D eigenvalue weighted by atomic mass is 32.2. The number of carbonyl (C=O) groups is 1. The third kappa shape index (κ3) is 7.57. The molecule has 13 heteroatoms. The maximum atomic E-state index is 15.8. The standard InChI is InChI=1S/C30H29F5N2O5S/c1-5-40-26(38)13-18-12-19(31)6-7-25(18)41-15-17-10-21(28-22(11-17)23(16-42-28)30(33,34)35)20-8-9-36-24(27(20)32)14-37-43(39)29(2,3)4/h6-12,16,37H,5,13-15H2,1-4H3. The highest BCUT2D eigenvalue weighted by Gasteiger charge is 2.35. The zero-order valence-corrected chi connectivity index (χ0v) is 24.6. The number of alkyl halides is 3. The van der Waals surface area contributed by atoms with Crippen molar-refractivity contribution in [3.05, 3.63) is 82.9 Å². The maximum absolute atomic E-state index is 15.8. The molecule has 4 aromatic rings. The van der Waals surface area contributed by atoms with Gasteiger partial charge in [-0.15, -0.1) is 0 Å². The molecule has 0 aliphatic rings. The number of benzene rings is 2. The first-order valence-electron chi connectivity index (χ1n) is 13.2. The number of halogens is 5. The Hall–Kier alpha value is -3.84. The van der Waals surface area contributed by atoms with Crippen molar-refractivity contribution in [1.29, 1.82) is 0 Å². The Kier molecular flexibility index (Phi) is 9.55. The summed E-state index contributed by atoms with van der Waals surface area (Å²) in [5.41, 5.74) is -1.05. The van der Waals surface area contributed by atoms with Crippen LogP contribution in [0.3, 0.4) is 0 Å². The predicted molar refractivity (Wildman–Crippen MR) is 150 cm³/mol. The van der Waals surface area contributed by atoms with Gasteiger partial charge in [-0.05, 0) is 69.7 Å². The number of fused-ring (bicyclic) bond motifs is 1. The molecule has 0 fully saturated rings. The van der Waals surface area contributed by atoms with Gasteiger partial charge in [-0.25, -0.2) is 17.7 Å². The van der Waals surface area contributed by atoms with E-state index in [0.717, 1.165) is 12.1 Å². The van der Waals surface area contributed by atoms with E-state index in [0.29, 0.717) is 6.26 Å². The summed E-state index contributed by atoms with van der Waals surface area (Å²) in [5.74, 6) is -1.94. The number of furan rings is 1. The lowest BCUT2D eigenvalue weighted by molar-refractivity contribution is -0.142. The number of nitrogens with zero attached hydrogens (tertiary/aromatic N) is 1. The van der Waals surface area contributed by atoms with Gasteiger partial charge in [0.05, 0.1) is 41.0 Å². The van der Waals surface area contributed by atoms with Crippen molar-refractivity contribution in [2.45, 2.75) is 58.2 Å². The number of ether oxygens (including phenoxy) is 2. The quantitative estimate of drug-likeness (QED) is 0.151. The van der Waals surface area contributed by atoms with Gasteiger partial charge >= 0.3 is 12.1 Å². The Morgan fingerprint density at radius 1 is 1.07 bits per heavy atom. The molecule has 1 N–H and O–H groups in total. The number of rotatable bonds is 10. The molecule has 0 bridgehead atoms. The van der Waals surface area contributed by atoms with Gasteiger partial charge in [-0.3, -0.25) is 9.78 Å². The van der Waals surface area contributed by atoms with Gasteiger partial charge in [0.25, 0.3) is 0 Å². The molecule has 0 saturated carbocycles. The van der Waals surface area contributed by atoms with Crippen molar-refractivity contribution in [3.63, 3.8) is 0 Å². The Balaban J connectivity index is 1.74. The van der Waals surface area contributed by atoms with Crippen molar-refractivity contribution in [2.24, 2.45) is 0 Å². The molecule has 2 heterocycles. The molecular weight excluding hydrogens is 595 g/mol. The zero-order chi connectivity index (χ0) is 31.5. The number of aromatic nitrogens is 1. The molecule has 1 unspecified atom stereocenters. The minimum atomic E-state index is -4.77. The highest BCUT2D eigenvalue weighted by molar-refractivity contribution is 7.84. The second-order valence-corrected chi connectivity index (χ2v) is 12.6. The third-order valence-electron chi connectivity index (χ3n) is 6.27. The van der Waals surface area contributed by atoms with E-state index in [9.17, 15) is 26.6 Å². The van der Waals surface area contributed by atoms with Crippen molar-refractivity contribution < 1.29 is 44.8 Å². The molecule has 0 aliphatic carbocycles. The van der Waals surface area contributed by atoms with Crippen LogP contribution in [0, 0.1) is 11.6 Å². The Bertz CT molecular complexity index is 1660. The second kappa shape index (κ2) is 12.8. The van der Waals surface area contributed by atoms with Crippen LogP contribution >= 0.6 is 0 Å². The van der Waals surface area contributed by atoms with Crippen LogP contribution in [-0.4, -0.2) is 26.5 Å². The van der Waals surface area contributed by atoms with Crippen LogP contribution in [0.4, 0.5) is 22.0 Å². The SMILES string of the molecule is CCOC(=O)Cc1cc(F)ccc1OCc1cc(-c2ccnc(CNS(=O)C(C)(C)C)c2F)c2occ(C(F)(F)F)c2c1. The first kappa shape index (κ1) is 32.1. The summed E-state index contributed by atoms with van der Waals surface area (Å²) in [4.78, 5) is 16.0. The lowest BCUT2D eigenvalue weighted by Gasteiger charge is -2.18. The van der Waals surface area contributed by atoms with Crippen LogP contribution in [0.2, 0.25) is 0 Å². The van der Waals surface area contributed by atoms with Gasteiger partial charge in [0.1, 0.15) is 35.6 Å². The summed E-state index contributed by atoms with van der Waals surface area (Å²) in [6.07, 6.45) is -3.21. The maximum Gasteiger partial charge on any atom is 0.420 e. The molecule has 1 atom stereocenters. The molecular formula is C30H29F5N2O5S. The van der Waals surface area contributed by atoms with Crippen molar-refractivity contribution in [3.8, 4) is 16.9 Å². The van der Waals surface area contributed by atoms with E-state index in [-0.39, 0.29) is 70.8 Å². The van der Waals surface area contributed by atoms with Crippen molar-refractivity contribution >= 4 is 27.9 Å². The van der Waals surface area contributed by atoms with E-state index >= 15 is 4.39 Å². The van der Waals surface area contributed by atoms with E-state index < -0.39 is 45.1 Å². The normalized spacial score (nSPS) is 12.9. The van der Waals surface area contributed by atoms with Crippen LogP contribution < -0.4 is 9.46 Å². The number of hydrogen-bond acceptors (Lipinski definition) is 6. The number of hydrogen-bond donors (Lipinski definition) is 1. The smallest absolute Gasteiger partial charge is 0.420 e. The van der Waals surface area contributed by atoms with E-state index in [1.807, 2.05) is 0 Å². The molecule has 4 rings (SSSR count). The summed E-state index contributed by atoms with van der Waals surface area (Å²) in [6, 6.07) is 7.45. The van der Waals surface area contributed by atoms with E-state index in [2.05, 4.69) is 9.71 Å². The molecule has 7 nitrogen and oxygen atoms in total. The largest absolute Gasteiger partial charge is 0.489 e. The fraction of sp³-hybridized carbons (Fsp3) is 0.333. The molecule has 43 heavy (non-hydrogen) atoms. The summed E-state index contributed by atoms with van der Waals surface area (Å²) >= 11 is 0. The lowest BCUT2D eigenvalue weighted by atomic mass is 9.98. The summed E-state index contributed by atoms with van der Waals surface area (Å²) in [7, 11) is -1.53. The molecule has 0 amide bonds. The van der Waals surface area contributed by atoms with Gasteiger partial charge < -0.3 is 13.9 Å². The van der Waals surface area contributed by atoms with Gasteiger partial charge in [0.2, 0.25) is 0 Å². The monoisotopic (exact) mass is 624 g/mol. The first-order valence-corrected chi connectivity index (χ1v) is 14.3. The average molecular weight is 625 g/mol. The molecule has 2 aromatic carbocycles. The second-order valence-electron chi connectivity index (χ2n) is 10.5. The number of carbonyl (C=O) groups excluding carboxylic acids is 1. The number of pyridine rings is 1. The van der Waals surface area contributed by atoms with E-state index in [1.165, 1.54) is 30.5 Å². The van der Waals surface area contributed by atoms with Crippen LogP contribution in [0.1, 0.15) is 50.1 Å². The Labute approximate surface area is 247 Å². The predicted octanol–water partition coefficient (Wildman–Crippen LogP) is 7.03. The molecule has 0 spiro atoms. The van der Waals surface area contributed by atoms with Gasteiger partial charge in [0.15, 0.2) is 5.82 Å². The topological polar surface area (TPSA) is 90.7 Å². The van der Waals surface area contributed by atoms with Gasteiger partial charge in [-0.1, -0.05) is 0 Å². The van der Waals surface area contributed by atoms with Crippen molar-refractivity contribution in [2.75, 3.05) is 6.61 Å². The minimum Gasteiger partial charge on any atom is -0.489 e. The minimum absolute atomic E-state index is 0.00977. The molecule has 0 radical (unpaired) electrons.